The number of hydrogen-bond donors (Lipinski definition) is 2. The molecule has 2 aromatic rings. The monoisotopic (exact) mass is 311 g/mol. The van der Waals surface area contributed by atoms with Gasteiger partial charge < -0.3 is 5.32 Å². The van der Waals surface area contributed by atoms with E-state index in [1.165, 1.54) is 0 Å². The van der Waals surface area contributed by atoms with E-state index < -0.39 is 0 Å². The van der Waals surface area contributed by atoms with Gasteiger partial charge in [0.15, 0.2) is 11.6 Å². The number of benzene rings is 2. The van der Waals surface area contributed by atoms with Crippen LogP contribution in [0.4, 0.5) is 5.69 Å². The Morgan fingerprint density at radius 3 is 2.14 bits per heavy atom. The standard InChI is InChI=1S/C18H17NO2S/c1-9(2)14-13(22)8-12-15(16(14)19-3)18(21)11-7-5-4-6-10(11)17(12)20/h4-9,19,22H,1-3H3. The van der Waals surface area contributed by atoms with Gasteiger partial charge in [0.25, 0.3) is 0 Å². The number of hydrogen-bond acceptors (Lipinski definition) is 4. The van der Waals surface area contributed by atoms with E-state index in [1.807, 2.05) is 13.8 Å². The van der Waals surface area contributed by atoms with E-state index in [-0.39, 0.29) is 17.5 Å². The summed E-state index contributed by atoms with van der Waals surface area (Å²) in [6, 6.07) is 8.70. The molecule has 0 aliphatic heterocycles. The second-order valence-electron chi connectivity index (χ2n) is 5.72. The van der Waals surface area contributed by atoms with Crippen LogP contribution in [0, 0.1) is 0 Å². The molecule has 4 heteroatoms. The van der Waals surface area contributed by atoms with Crippen molar-refractivity contribution in [3.05, 3.63) is 58.1 Å². The fourth-order valence-electron chi connectivity index (χ4n) is 3.10. The van der Waals surface area contributed by atoms with Crippen LogP contribution in [0.15, 0.2) is 35.2 Å². The average molecular weight is 311 g/mol. The van der Waals surface area contributed by atoms with Crippen LogP contribution in [-0.2, 0) is 0 Å². The van der Waals surface area contributed by atoms with E-state index in [0.717, 1.165) is 10.5 Å². The lowest BCUT2D eigenvalue weighted by atomic mass is 9.81. The van der Waals surface area contributed by atoms with E-state index >= 15 is 0 Å². The maximum atomic E-state index is 12.9. The Balaban J connectivity index is 2.38. The summed E-state index contributed by atoms with van der Waals surface area (Å²) in [5, 5.41) is 3.11. The second kappa shape index (κ2) is 5.29. The molecule has 0 unspecified atom stereocenters. The van der Waals surface area contributed by atoms with Gasteiger partial charge in [0, 0.05) is 28.6 Å². The molecule has 0 spiro atoms. The largest absolute Gasteiger partial charge is 0.387 e. The number of nitrogens with one attached hydrogen (secondary N) is 1. The zero-order valence-electron chi connectivity index (χ0n) is 12.7. The third-order valence-electron chi connectivity index (χ3n) is 4.06. The summed E-state index contributed by atoms with van der Waals surface area (Å²) in [5.41, 5.74) is 3.51. The highest BCUT2D eigenvalue weighted by molar-refractivity contribution is 7.80. The minimum atomic E-state index is -0.118. The smallest absolute Gasteiger partial charge is 0.196 e. The van der Waals surface area contributed by atoms with Gasteiger partial charge in [-0.2, -0.15) is 0 Å². The highest BCUT2D eigenvalue weighted by Gasteiger charge is 2.33. The molecule has 1 aliphatic rings. The van der Waals surface area contributed by atoms with Gasteiger partial charge in [-0.05, 0) is 17.5 Å². The topological polar surface area (TPSA) is 46.2 Å². The molecule has 3 rings (SSSR count). The van der Waals surface area contributed by atoms with Crippen LogP contribution in [0.3, 0.4) is 0 Å². The molecule has 1 N–H and O–H groups in total. The predicted molar refractivity (Wildman–Crippen MR) is 90.6 cm³/mol. The molecule has 112 valence electrons. The first-order valence-electron chi connectivity index (χ1n) is 7.23. The average Bonchev–Trinajstić information content (AvgIpc) is 2.50. The molecule has 0 fully saturated rings. The van der Waals surface area contributed by atoms with Crippen molar-refractivity contribution in [2.75, 3.05) is 12.4 Å². The van der Waals surface area contributed by atoms with Crippen LogP contribution in [-0.4, -0.2) is 18.6 Å². The van der Waals surface area contributed by atoms with E-state index in [2.05, 4.69) is 17.9 Å². The molecule has 0 atom stereocenters. The van der Waals surface area contributed by atoms with Crippen LogP contribution in [0.25, 0.3) is 0 Å². The Bertz CT molecular complexity index is 809. The Morgan fingerprint density at radius 1 is 1.00 bits per heavy atom. The maximum Gasteiger partial charge on any atom is 0.196 e. The molecular formula is C18H17NO2S. The van der Waals surface area contributed by atoms with Crippen LogP contribution in [0.5, 0.6) is 0 Å². The minimum absolute atomic E-state index is 0.107. The molecule has 0 heterocycles. The Morgan fingerprint density at radius 2 is 1.59 bits per heavy atom. The first kappa shape index (κ1) is 14.9. The number of ketones is 2. The van der Waals surface area contributed by atoms with Crippen molar-refractivity contribution in [1.29, 1.82) is 0 Å². The molecule has 2 aromatic carbocycles. The van der Waals surface area contributed by atoms with Crippen molar-refractivity contribution in [3.8, 4) is 0 Å². The Hall–Kier alpha value is -2.07. The predicted octanol–water partition coefficient (Wildman–Crippen LogP) is 3.92. The fourth-order valence-corrected chi connectivity index (χ4v) is 3.60. The fraction of sp³-hybridized carbons (Fsp3) is 0.222. The normalized spacial score (nSPS) is 13.1. The Labute approximate surface area is 135 Å². The summed E-state index contributed by atoms with van der Waals surface area (Å²) in [5.74, 6) is -0.0302. The molecule has 3 nitrogen and oxygen atoms in total. The number of rotatable bonds is 2. The molecule has 0 saturated carbocycles. The number of fused-ring (bicyclic) bond motifs is 2. The van der Waals surface area contributed by atoms with Crippen LogP contribution in [0.1, 0.15) is 57.2 Å². The third-order valence-corrected chi connectivity index (χ3v) is 4.43. The third kappa shape index (κ3) is 1.98. The minimum Gasteiger partial charge on any atom is -0.387 e. The van der Waals surface area contributed by atoms with Gasteiger partial charge in [0.05, 0.1) is 11.3 Å². The summed E-state index contributed by atoms with van der Waals surface area (Å²) in [7, 11) is 1.77. The van der Waals surface area contributed by atoms with Gasteiger partial charge in [0.2, 0.25) is 0 Å². The van der Waals surface area contributed by atoms with Gasteiger partial charge in [0.1, 0.15) is 0 Å². The van der Waals surface area contributed by atoms with Gasteiger partial charge in [-0.15, -0.1) is 12.6 Å². The number of carbonyl (C=O) groups is 2. The summed E-state index contributed by atoms with van der Waals surface area (Å²) in [6.07, 6.45) is 0. The lowest BCUT2D eigenvalue weighted by Gasteiger charge is -2.25. The van der Waals surface area contributed by atoms with Crippen LogP contribution in [0.2, 0.25) is 0 Å². The zero-order chi connectivity index (χ0) is 16.0. The van der Waals surface area contributed by atoms with Crippen molar-refractivity contribution < 1.29 is 9.59 Å². The van der Waals surface area contributed by atoms with Crippen LogP contribution >= 0.6 is 12.6 Å². The highest BCUT2D eigenvalue weighted by Crippen LogP contribution is 2.40. The van der Waals surface area contributed by atoms with Gasteiger partial charge >= 0.3 is 0 Å². The molecule has 0 aromatic heterocycles. The van der Waals surface area contributed by atoms with Gasteiger partial charge in [-0.3, -0.25) is 9.59 Å². The Kier molecular flexibility index (Phi) is 3.57. The SMILES string of the molecule is CNc1c2c(cc(S)c1C(C)C)C(=O)c1ccccc1C2=O. The molecule has 0 amide bonds. The van der Waals surface area contributed by atoms with Crippen molar-refractivity contribution in [1.82, 2.24) is 0 Å². The number of thiol groups is 1. The molecule has 1 aliphatic carbocycles. The summed E-state index contributed by atoms with van der Waals surface area (Å²) in [6.45, 7) is 4.09. The molecule has 0 saturated heterocycles. The summed E-state index contributed by atoms with van der Waals surface area (Å²) in [4.78, 5) is 26.4. The summed E-state index contributed by atoms with van der Waals surface area (Å²) < 4.78 is 0. The first-order chi connectivity index (χ1) is 10.5. The van der Waals surface area contributed by atoms with Crippen molar-refractivity contribution in [3.63, 3.8) is 0 Å². The molecule has 0 bridgehead atoms. The number of anilines is 1. The van der Waals surface area contributed by atoms with E-state index in [1.54, 1.807) is 37.4 Å². The van der Waals surface area contributed by atoms with E-state index in [0.29, 0.717) is 27.9 Å². The first-order valence-corrected chi connectivity index (χ1v) is 7.68. The van der Waals surface area contributed by atoms with Gasteiger partial charge in [-0.25, -0.2) is 0 Å². The van der Waals surface area contributed by atoms with E-state index in [9.17, 15) is 9.59 Å². The molecular weight excluding hydrogens is 294 g/mol. The van der Waals surface area contributed by atoms with E-state index in [4.69, 9.17) is 0 Å². The second-order valence-corrected chi connectivity index (χ2v) is 6.20. The van der Waals surface area contributed by atoms with Crippen molar-refractivity contribution in [2.24, 2.45) is 0 Å². The van der Waals surface area contributed by atoms with Gasteiger partial charge in [-0.1, -0.05) is 38.1 Å². The lowest BCUT2D eigenvalue weighted by molar-refractivity contribution is 0.0979. The zero-order valence-corrected chi connectivity index (χ0v) is 13.6. The van der Waals surface area contributed by atoms with Crippen LogP contribution < -0.4 is 5.32 Å². The number of carbonyl (C=O) groups excluding carboxylic acids is 2. The molecule has 0 radical (unpaired) electrons. The van der Waals surface area contributed by atoms with Crippen molar-refractivity contribution >= 4 is 29.9 Å². The lowest BCUT2D eigenvalue weighted by Crippen LogP contribution is -2.23. The molecule has 22 heavy (non-hydrogen) atoms. The summed E-state index contributed by atoms with van der Waals surface area (Å²) >= 11 is 4.53. The maximum absolute atomic E-state index is 12.9. The highest BCUT2D eigenvalue weighted by atomic mass is 32.1. The quantitative estimate of drug-likeness (QED) is 0.705. The van der Waals surface area contributed by atoms with Crippen molar-refractivity contribution in [2.45, 2.75) is 24.7 Å².